The number of hydrogen-bond donors (Lipinski definition) is 1. The number of aromatic nitrogens is 1. The van der Waals surface area contributed by atoms with E-state index in [1.54, 1.807) is 18.8 Å². The Balaban J connectivity index is 2.67. The molecule has 0 aliphatic carbocycles. The molecule has 7 heteroatoms. The average Bonchev–Trinajstić information content (AvgIpc) is 2.43. The van der Waals surface area contributed by atoms with Gasteiger partial charge in [0.1, 0.15) is 10.8 Å². The minimum absolute atomic E-state index is 0.0738. The minimum atomic E-state index is -0.392. The number of nitrogens with one attached hydrogen (secondary N) is 1. The van der Waals surface area contributed by atoms with Crippen LogP contribution in [0.1, 0.15) is 13.8 Å². The molecule has 0 aliphatic rings. The summed E-state index contributed by atoms with van der Waals surface area (Å²) >= 11 is 1.54. The first-order valence-corrected chi connectivity index (χ1v) is 7.28. The molecule has 0 spiro atoms. The SMILES string of the molecule is CCN(CC)CCSc1cc([N+](=O)[O-])cc(NC)n1. The summed E-state index contributed by atoms with van der Waals surface area (Å²) in [6.45, 7) is 7.23. The Morgan fingerprint density at radius 1 is 1.42 bits per heavy atom. The van der Waals surface area contributed by atoms with Gasteiger partial charge in [-0.05, 0) is 13.1 Å². The van der Waals surface area contributed by atoms with E-state index in [0.717, 1.165) is 25.4 Å². The zero-order valence-electron chi connectivity index (χ0n) is 11.5. The van der Waals surface area contributed by atoms with Crippen molar-refractivity contribution in [3.63, 3.8) is 0 Å². The Bertz CT molecular complexity index is 424. The molecule has 0 radical (unpaired) electrons. The summed E-state index contributed by atoms with van der Waals surface area (Å²) in [6.07, 6.45) is 0. The molecule has 1 rings (SSSR count). The fourth-order valence-corrected chi connectivity index (χ4v) is 2.54. The van der Waals surface area contributed by atoms with Gasteiger partial charge in [0.05, 0.1) is 11.0 Å². The second-order valence-corrected chi connectivity index (χ2v) is 5.05. The summed E-state index contributed by atoms with van der Waals surface area (Å²) in [5.41, 5.74) is 0.0738. The lowest BCUT2D eigenvalue weighted by Crippen LogP contribution is -2.25. The van der Waals surface area contributed by atoms with Crippen LogP contribution in [0.15, 0.2) is 17.2 Å². The largest absolute Gasteiger partial charge is 0.373 e. The van der Waals surface area contributed by atoms with Crippen LogP contribution >= 0.6 is 11.8 Å². The van der Waals surface area contributed by atoms with Gasteiger partial charge in [0.2, 0.25) is 0 Å². The van der Waals surface area contributed by atoms with Crippen molar-refractivity contribution in [1.29, 1.82) is 0 Å². The third kappa shape index (κ3) is 5.04. The van der Waals surface area contributed by atoms with Crippen LogP contribution in [0, 0.1) is 10.1 Å². The van der Waals surface area contributed by atoms with Gasteiger partial charge in [-0.2, -0.15) is 0 Å². The van der Waals surface area contributed by atoms with Gasteiger partial charge in [-0.15, -0.1) is 11.8 Å². The van der Waals surface area contributed by atoms with Crippen LogP contribution in [-0.2, 0) is 0 Å². The average molecular weight is 284 g/mol. The van der Waals surface area contributed by atoms with Crippen LogP contribution in [0.4, 0.5) is 11.5 Å². The van der Waals surface area contributed by atoms with Crippen LogP contribution in [-0.4, -0.2) is 47.2 Å². The van der Waals surface area contributed by atoms with Gasteiger partial charge in [-0.25, -0.2) is 4.98 Å². The molecule has 0 unspecified atom stereocenters. The van der Waals surface area contributed by atoms with Crippen molar-refractivity contribution in [2.75, 3.05) is 37.8 Å². The van der Waals surface area contributed by atoms with E-state index in [4.69, 9.17) is 0 Å². The topological polar surface area (TPSA) is 71.3 Å². The Morgan fingerprint density at radius 2 is 2.11 bits per heavy atom. The first kappa shape index (κ1) is 15.7. The highest BCUT2D eigenvalue weighted by Crippen LogP contribution is 2.24. The molecule has 6 nitrogen and oxygen atoms in total. The molecule has 0 fully saturated rings. The zero-order chi connectivity index (χ0) is 14.3. The molecule has 0 bridgehead atoms. The van der Waals surface area contributed by atoms with E-state index in [-0.39, 0.29) is 5.69 Å². The number of hydrogen-bond acceptors (Lipinski definition) is 6. The molecule has 0 atom stereocenters. The highest BCUT2D eigenvalue weighted by atomic mass is 32.2. The molecule has 1 N–H and O–H groups in total. The monoisotopic (exact) mass is 284 g/mol. The molecule has 1 aromatic heterocycles. The molecule has 106 valence electrons. The molecule has 0 aromatic carbocycles. The summed E-state index contributed by atoms with van der Waals surface area (Å²) in [7, 11) is 1.70. The normalized spacial score (nSPS) is 10.7. The molecular weight excluding hydrogens is 264 g/mol. The zero-order valence-corrected chi connectivity index (χ0v) is 12.4. The van der Waals surface area contributed by atoms with Gasteiger partial charge in [0.15, 0.2) is 0 Å². The van der Waals surface area contributed by atoms with E-state index in [2.05, 4.69) is 29.0 Å². The maximum Gasteiger partial charge on any atom is 0.275 e. The highest BCUT2D eigenvalue weighted by molar-refractivity contribution is 7.99. The predicted molar refractivity (Wildman–Crippen MR) is 79.0 cm³/mol. The molecule has 0 aliphatic heterocycles. The summed E-state index contributed by atoms with van der Waals surface area (Å²) in [5, 5.41) is 14.4. The van der Waals surface area contributed by atoms with E-state index in [9.17, 15) is 10.1 Å². The Kier molecular flexibility index (Phi) is 6.58. The first-order chi connectivity index (χ1) is 9.10. The van der Waals surface area contributed by atoms with Crippen molar-refractivity contribution in [2.45, 2.75) is 18.9 Å². The lowest BCUT2D eigenvalue weighted by molar-refractivity contribution is -0.385. The molecule has 1 heterocycles. The van der Waals surface area contributed by atoms with Crippen LogP contribution in [0.25, 0.3) is 0 Å². The van der Waals surface area contributed by atoms with Crippen molar-refractivity contribution in [3.05, 3.63) is 22.2 Å². The maximum absolute atomic E-state index is 10.8. The fraction of sp³-hybridized carbons (Fsp3) is 0.583. The van der Waals surface area contributed by atoms with E-state index < -0.39 is 4.92 Å². The van der Waals surface area contributed by atoms with Crippen molar-refractivity contribution < 1.29 is 4.92 Å². The molecule has 0 saturated carbocycles. The smallest absolute Gasteiger partial charge is 0.275 e. The van der Waals surface area contributed by atoms with E-state index in [0.29, 0.717) is 10.8 Å². The number of nitro groups is 1. The van der Waals surface area contributed by atoms with Gasteiger partial charge in [-0.3, -0.25) is 10.1 Å². The third-order valence-corrected chi connectivity index (χ3v) is 3.70. The Morgan fingerprint density at radius 3 is 2.63 bits per heavy atom. The number of anilines is 1. The van der Waals surface area contributed by atoms with Crippen molar-refractivity contribution in [3.8, 4) is 0 Å². The lowest BCUT2D eigenvalue weighted by atomic mass is 10.4. The van der Waals surface area contributed by atoms with Crippen molar-refractivity contribution in [1.82, 2.24) is 9.88 Å². The second kappa shape index (κ2) is 7.96. The molecule has 19 heavy (non-hydrogen) atoms. The Labute approximate surface area is 117 Å². The first-order valence-electron chi connectivity index (χ1n) is 6.30. The van der Waals surface area contributed by atoms with Gasteiger partial charge >= 0.3 is 0 Å². The maximum atomic E-state index is 10.8. The van der Waals surface area contributed by atoms with Gasteiger partial charge in [0, 0.05) is 25.4 Å². The van der Waals surface area contributed by atoms with E-state index in [1.807, 2.05) is 0 Å². The Hall–Kier alpha value is -1.34. The molecule has 0 saturated heterocycles. The second-order valence-electron chi connectivity index (χ2n) is 3.93. The lowest BCUT2D eigenvalue weighted by Gasteiger charge is -2.17. The fourth-order valence-electron chi connectivity index (χ4n) is 1.62. The van der Waals surface area contributed by atoms with Crippen LogP contribution in [0.3, 0.4) is 0 Å². The third-order valence-electron chi connectivity index (χ3n) is 2.81. The van der Waals surface area contributed by atoms with Crippen LogP contribution in [0.2, 0.25) is 0 Å². The summed E-state index contributed by atoms with van der Waals surface area (Å²) < 4.78 is 0. The molecular formula is C12H20N4O2S. The van der Waals surface area contributed by atoms with Crippen molar-refractivity contribution >= 4 is 23.3 Å². The minimum Gasteiger partial charge on any atom is -0.373 e. The summed E-state index contributed by atoms with van der Waals surface area (Å²) in [6, 6.07) is 2.96. The number of nitrogens with zero attached hydrogens (tertiary/aromatic N) is 3. The highest BCUT2D eigenvalue weighted by Gasteiger charge is 2.11. The van der Waals surface area contributed by atoms with Crippen LogP contribution < -0.4 is 5.32 Å². The predicted octanol–water partition coefficient (Wildman–Crippen LogP) is 2.47. The summed E-state index contributed by atoms with van der Waals surface area (Å²) in [5.74, 6) is 1.40. The van der Waals surface area contributed by atoms with Gasteiger partial charge < -0.3 is 10.2 Å². The quantitative estimate of drug-likeness (QED) is 0.449. The van der Waals surface area contributed by atoms with Crippen molar-refractivity contribution in [2.24, 2.45) is 0 Å². The molecule has 1 aromatic rings. The molecule has 0 amide bonds. The van der Waals surface area contributed by atoms with E-state index >= 15 is 0 Å². The van der Waals surface area contributed by atoms with Gasteiger partial charge in [0.25, 0.3) is 5.69 Å². The number of thioether (sulfide) groups is 1. The number of rotatable bonds is 8. The van der Waals surface area contributed by atoms with Crippen LogP contribution in [0.5, 0.6) is 0 Å². The van der Waals surface area contributed by atoms with Gasteiger partial charge in [-0.1, -0.05) is 13.8 Å². The summed E-state index contributed by atoms with van der Waals surface area (Å²) in [4.78, 5) is 17.1. The van der Waals surface area contributed by atoms with E-state index in [1.165, 1.54) is 12.1 Å². The number of pyridine rings is 1. The standard InChI is InChI=1S/C12H20N4O2S/c1-4-15(5-2)6-7-19-12-9-10(16(17)18)8-11(13-3)14-12/h8-9H,4-7H2,1-3H3,(H,13,14).